The monoisotopic (exact) mass is 311 g/mol. The molecule has 2 aromatic carbocycles. The first-order chi connectivity index (χ1) is 10.8. The lowest BCUT2D eigenvalue weighted by molar-refractivity contribution is 0.350. The van der Waals surface area contributed by atoms with Gasteiger partial charge in [-0.3, -0.25) is 0 Å². The number of rotatable bonds is 5. The van der Waals surface area contributed by atoms with Crippen LogP contribution in [0.1, 0.15) is 29.0 Å². The van der Waals surface area contributed by atoms with Gasteiger partial charge in [0.1, 0.15) is 12.4 Å². The molecule has 3 rings (SSSR count). The van der Waals surface area contributed by atoms with E-state index >= 15 is 0 Å². The normalized spacial score (nSPS) is 24.3. The van der Waals surface area contributed by atoms with Gasteiger partial charge in [-0.15, -0.1) is 0 Å². The Kier molecular flexibility index (Phi) is 5.01. The molecule has 1 nitrogen and oxygen atoms in total. The first-order valence-corrected chi connectivity index (χ1v) is 9.21. The molecule has 1 aliphatic heterocycles. The third kappa shape index (κ3) is 3.45. The summed E-state index contributed by atoms with van der Waals surface area (Å²) < 4.78 is 6.24. The van der Waals surface area contributed by atoms with Crippen molar-refractivity contribution in [2.24, 2.45) is 0 Å². The minimum absolute atomic E-state index is 0.0225. The Bertz CT molecular complexity index is 623. The number of hydrogen-bond acceptors (Lipinski definition) is 1. The Morgan fingerprint density at radius 1 is 1.14 bits per heavy atom. The fraction of sp³-hybridized carbons (Fsp3) is 0.300. The SMILES string of the molecule is C=CC1CC(c2ccccc2C)C[S+]1OCc1ccccc1. The topological polar surface area (TPSA) is 9.23 Å². The zero-order valence-electron chi connectivity index (χ0n) is 13.1. The standard InChI is InChI=1S/C20H23OS/c1-3-19-13-18(20-12-8-7-9-16(20)2)15-22(19)21-14-17-10-5-4-6-11-17/h3-12,18-19H,1,13-15H2,2H3/q+1. The lowest BCUT2D eigenvalue weighted by atomic mass is 9.93. The van der Waals surface area contributed by atoms with Crippen LogP contribution in [0.3, 0.4) is 0 Å². The van der Waals surface area contributed by atoms with Crippen molar-refractivity contribution >= 4 is 11.2 Å². The van der Waals surface area contributed by atoms with E-state index in [1.54, 1.807) is 0 Å². The van der Waals surface area contributed by atoms with Gasteiger partial charge in [-0.05, 0) is 29.7 Å². The Labute approximate surface area is 136 Å². The predicted molar refractivity (Wildman–Crippen MR) is 96.0 cm³/mol. The molecule has 3 atom stereocenters. The van der Waals surface area contributed by atoms with Gasteiger partial charge in [0, 0.05) is 12.3 Å². The third-order valence-electron chi connectivity index (χ3n) is 4.33. The molecule has 1 aliphatic rings. The number of hydrogen-bond donors (Lipinski definition) is 0. The Hall–Kier alpha value is -1.51. The van der Waals surface area contributed by atoms with Gasteiger partial charge in [0.2, 0.25) is 0 Å². The summed E-state index contributed by atoms with van der Waals surface area (Å²) in [5.41, 5.74) is 4.12. The maximum Gasteiger partial charge on any atom is 0.169 e. The van der Waals surface area contributed by atoms with E-state index in [2.05, 4.69) is 68.1 Å². The molecule has 2 heteroatoms. The summed E-state index contributed by atoms with van der Waals surface area (Å²) in [4.78, 5) is 0. The van der Waals surface area contributed by atoms with Crippen molar-refractivity contribution in [3.8, 4) is 0 Å². The van der Waals surface area contributed by atoms with E-state index < -0.39 is 0 Å². The maximum atomic E-state index is 6.24. The minimum Gasteiger partial charge on any atom is -0.169 e. The van der Waals surface area contributed by atoms with Crippen molar-refractivity contribution in [1.29, 1.82) is 0 Å². The predicted octanol–water partition coefficient (Wildman–Crippen LogP) is 4.79. The molecule has 3 unspecified atom stereocenters. The Morgan fingerprint density at radius 2 is 1.86 bits per heavy atom. The van der Waals surface area contributed by atoms with Crippen LogP contribution in [-0.2, 0) is 22.0 Å². The van der Waals surface area contributed by atoms with Crippen molar-refractivity contribution in [3.63, 3.8) is 0 Å². The van der Waals surface area contributed by atoms with Gasteiger partial charge in [-0.25, -0.2) is 0 Å². The fourth-order valence-corrected chi connectivity index (χ4v) is 5.28. The molecule has 0 radical (unpaired) electrons. The van der Waals surface area contributed by atoms with E-state index in [-0.39, 0.29) is 11.2 Å². The average molecular weight is 311 g/mol. The highest BCUT2D eigenvalue weighted by molar-refractivity contribution is 7.93. The minimum atomic E-state index is -0.0225. The summed E-state index contributed by atoms with van der Waals surface area (Å²) in [6.45, 7) is 6.94. The van der Waals surface area contributed by atoms with Crippen molar-refractivity contribution in [2.75, 3.05) is 5.75 Å². The van der Waals surface area contributed by atoms with Crippen LogP contribution in [0.5, 0.6) is 0 Å². The van der Waals surface area contributed by atoms with Crippen molar-refractivity contribution in [3.05, 3.63) is 83.9 Å². The summed E-state index contributed by atoms with van der Waals surface area (Å²) >= 11 is -0.0225. The van der Waals surface area contributed by atoms with Crippen LogP contribution in [0.4, 0.5) is 0 Å². The first-order valence-electron chi connectivity index (χ1n) is 7.83. The van der Waals surface area contributed by atoms with E-state index in [0.717, 1.165) is 12.2 Å². The molecular formula is C20H23OS+. The second kappa shape index (κ2) is 7.17. The highest BCUT2D eigenvalue weighted by atomic mass is 32.2. The Morgan fingerprint density at radius 3 is 2.59 bits per heavy atom. The summed E-state index contributed by atoms with van der Waals surface area (Å²) in [5.74, 6) is 1.72. The van der Waals surface area contributed by atoms with E-state index in [1.807, 2.05) is 6.07 Å². The van der Waals surface area contributed by atoms with E-state index in [1.165, 1.54) is 16.7 Å². The lowest BCUT2D eigenvalue weighted by Gasteiger charge is -2.09. The zero-order valence-corrected chi connectivity index (χ0v) is 13.9. The van der Waals surface area contributed by atoms with Crippen molar-refractivity contribution in [1.82, 2.24) is 0 Å². The molecule has 22 heavy (non-hydrogen) atoms. The summed E-state index contributed by atoms with van der Waals surface area (Å²) in [6.07, 6.45) is 3.25. The van der Waals surface area contributed by atoms with Gasteiger partial charge in [0.15, 0.2) is 16.4 Å². The molecule has 2 aromatic rings. The van der Waals surface area contributed by atoms with Crippen LogP contribution in [0, 0.1) is 6.92 Å². The van der Waals surface area contributed by atoms with Crippen molar-refractivity contribution in [2.45, 2.75) is 31.1 Å². The number of benzene rings is 2. The highest BCUT2D eigenvalue weighted by Crippen LogP contribution is 2.37. The van der Waals surface area contributed by atoms with Crippen LogP contribution in [0.25, 0.3) is 0 Å². The lowest BCUT2D eigenvalue weighted by Crippen LogP contribution is -2.17. The second-order valence-electron chi connectivity index (χ2n) is 5.86. The van der Waals surface area contributed by atoms with Crippen LogP contribution >= 0.6 is 0 Å². The summed E-state index contributed by atoms with van der Waals surface area (Å²) in [6, 6.07) is 19.2. The van der Waals surface area contributed by atoms with Gasteiger partial charge >= 0.3 is 0 Å². The largest absolute Gasteiger partial charge is 0.169 e. The first kappa shape index (κ1) is 15.4. The maximum absolute atomic E-state index is 6.24. The van der Waals surface area contributed by atoms with Crippen LogP contribution in [-0.4, -0.2) is 11.0 Å². The number of aryl methyl sites for hydroxylation is 1. The summed E-state index contributed by atoms with van der Waals surface area (Å²) in [5, 5.41) is 0.480. The second-order valence-corrected chi connectivity index (χ2v) is 7.79. The fourth-order valence-electron chi connectivity index (χ4n) is 3.10. The molecule has 0 saturated carbocycles. The molecule has 0 aliphatic carbocycles. The van der Waals surface area contributed by atoms with Gasteiger partial charge in [0.25, 0.3) is 0 Å². The molecule has 0 amide bonds. The van der Waals surface area contributed by atoms with Crippen LogP contribution in [0.2, 0.25) is 0 Å². The van der Waals surface area contributed by atoms with Crippen LogP contribution < -0.4 is 0 Å². The van der Waals surface area contributed by atoms with E-state index in [4.69, 9.17) is 4.18 Å². The molecule has 0 aromatic heterocycles. The smallest absolute Gasteiger partial charge is 0.169 e. The van der Waals surface area contributed by atoms with Crippen LogP contribution in [0.15, 0.2) is 67.3 Å². The molecule has 0 spiro atoms. The average Bonchev–Trinajstić information content (AvgIpc) is 2.97. The molecule has 1 heterocycles. The third-order valence-corrected chi connectivity index (χ3v) is 6.54. The van der Waals surface area contributed by atoms with Gasteiger partial charge < -0.3 is 0 Å². The molecule has 1 saturated heterocycles. The summed E-state index contributed by atoms with van der Waals surface area (Å²) in [7, 11) is 0. The molecule has 0 N–H and O–H groups in total. The molecular weight excluding hydrogens is 288 g/mol. The molecule has 114 valence electrons. The van der Waals surface area contributed by atoms with Gasteiger partial charge in [0.05, 0.1) is 0 Å². The quantitative estimate of drug-likeness (QED) is 0.570. The van der Waals surface area contributed by atoms with Crippen molar-refractivity contribution < 1.29 is 4.18 Å². The Balaban J connectivity index is 1.67. The molecule has 0 bridgehead atoms. The van der Waals surface area contributed by atoms with Gasteiger partial charge in [-0.2, -0.15) is 4.18 Å². The van der Waals surface area contributed by atoms with E-state index in [9.17, 15) is 0 Å². The van der Waals surface area contributed by atoms with Gasteiger partial charge in [-0.1, -0.05) is 61.2 Å². The van der Waals surface area contributed by atoms with E-state index in [0.29, 0.717) is 17.8 Å². The molecule has 1 fully saturated rings. The zero-order chi connectivity index (χ0) is 15.4. The highest BCUT2D eigenvalue weighted by Gasteiger charge is 2.44.